The molecule has 0 spiro atoms. The lowest BCUT2D eigenvalue weighted by atomic mass is 10.0. The number of nitrogens with zero attached hydrogens (tertiary/aromatic N) is 3. The van der Waals surface area contributed by atoms with Gasteiger partial charge in [-0.25, -0.2) is 4.73 Å². The molecule has 1 unspecified atom stereocenters. The molecule has 88 valence electrons. The van der Waals surface area contributed by atoms with Gasteiger partial charge in [0, 0.05) is 12.6 Å². The fraction of sp³-hybridized carbons (Fsp3) is 0.600. The van der Waals surface area contributed by atoms with Crippen LogP contribution in [0.25, 0.3) is 0 Å². The van der Waals surface area contributed by atoms with E-state index in [4.69, 9.17) is 11.5 Å². The van der Waals surface area contributed by atoms with Crippen molar-refractivity contribution in [2.45, 2.75) is 32.2 Å². The van der Waals surface area contributed by atoms with Crippen LogP contribution in [-0.4, -0.2) is 17.6 Å². The molecule has 1 aromatic heterocycles. The van der Waals surface area contributed by atoms with Crippen LogP contribution in [0.4, 0.5) is 17.6 Å². The molecule has 2 heterocycles. The maximum Gasteiger partial charge on any atom is 0.346 e. The van der Waals surface area contributed by atoms with Crippen LogP contribution < -0.4 is 21.1 Å². The van der Waals surface area contributed by atoms with Crippen LogP contribution in [0, 0.1) is 5.21 Å². The predicted molar refractivity (Wildman–Crippen MR) is 62.7 cm³/mol. The second-order valence-corrected chi connectivity index (χ2v) is 4.23. The molecule has 0 amide bonds. The van der Waals surface area contributed by atoms with Gasteiger partial charge in [-0.15, -0.1) is 0 Å². The molecule has 2 rings (SSSR count). The summed E-state index contributed by atoms with van der Waals surface area (Å²) in [5, 5.41) is 11.3. The molecule has 1 aromatic rings. The van der Waals surface area contributed by atoms with Crippen LogP contribution in [0.3, 0.4) is 0 Å². The molecule has 16 heavy (non-hydrogen) atoms. The predicted octanol–water partition coefficient (Wildman–Crippen LogP) is 0.258. The summed E-state index contributed by atoms with van der Waals surface area (Å²) in [6.45, 7) is 3.08. The molecule has 4 N–H and O–H groups in total. The first-order valence-corrected chi connectivity index (χ1v) is 5.52. The van der Waals surface area contributed by atoms with Crippen LogP contribution in [0.5, 0.6) is 0 Å². The maximum absolute atomic E-state index is 11.3. The first-order valence-electron chi connectivity index (χ1n) is 5.52. The smallest absolute Gasteiger partial charge is 0.346 e. The number of nitrogen functional groups attached to an aromatic ring is 2. The van der Waals surface area contributed by atoms with E-state index in [1.54, 1.807) is 6.07 Å². The SMILES string of the molecule is CC1CCCCN1c1cc(N)[n+]([O-])c(N)n1. The average Bonchev–Trinajstić information content (AvgIpc) is 2.26. The largest absolute Gasteiger partial charge is 0.754 e. The molecule has 0 saturated carbocycles. The minimum atomic E-state index is -0.0900. The Bertz CT molecular complexity index is 372. The molecule has 6 nitrogen and oxygen atoms in total. The summed E-state index contributed by atoms with van der Waals surface area (Å²) in [6, 6.07) is 2.01. The first-order chi connectivity index (χ1) is 7.59. The second-order valence-electron chi connectivity index (χ2n) is 4.23. The summed E-state index contributed by atoms with van der Waals surface area (Å²) >= 11 is 0. The van der Waals surface area contributed by atoms with E-state index in [0.717, 1.165) is 19.4 Å². The molecule has 1 saturated heterocycles. The highest BCUT2D eigenvalue weighted by atomic mass is 16.5. The highest BCUT2D eigenvalue weighted by Crippen LogP contribution is 2.23. The van der Waals surface area contributed by atoms with Gasteiger partial charge in [0.25, 0.3) is 0 Å². The van der Waals surface area contributed by atoms with Gasteiger partial charge in [-0.1, -0.05) is 4.98 Å². The first kappa shape index (κ1) is 10.8. The minimum Gasteiger partial charge on any atom is -0.754 e. The summed E-state index contributed by atoms with van der Waals surface area (Å²) in [7, 11) is 0. The maximum atomic E-state index is 11.3. The summed E-state index contributed by atoms with van der Waals surface area (Å²) in [4.78, 5) is 6.23. The molecule has 0 aliphatic carbocycles. The van der Waals surface area contributed by atoms with Crippen molar-refractivity contribution < 1.29 is 4.73 Å². The fourth-order valence-corrected chi connectivity index (χ4v) is 2.10. The van der Waals surface area contributed by atoms with Gasteiger partial charge in [0.2, 0.25) is 0 Å². The van der Waals surface area contributed by atoms with Crippen LogP contribution in [0.15, 0.2) is 6.07 Å². The van der Waals surface area contributed by atoms with Gasteiger partial charge in [0.15, 0.2) is 11.6 Å². The van der Waals surface area contributed by atoms with E-state index in [0.29, 0.717) is 16.6 Å². The van der Waals surface area contributed by atoms with Gasteiger partial charge in [-0.2, -0.15) is 0 Å². The van der Waals surface area contributed by atoms with Crippen LogP contribution >= 0.6 is 0 Å². The molecule has 1 aliphatic rings. The third-order valence-electron chi connectivity index (χ3n) is 3.05. The average molecular weight is 223 g/mol. The van der Waals surface area contributed by atoms with E-state index < -0.39 is 0 Å². The van der Waals surface area contributed by atoms with Crippen LogP contribution in [-0.2, 0) is 0 Å². The highest BCUT2D eigenvalue weighted by molar-refractivity contribution is 5.47. The normalized spacial score (nSPS) is 21.1. The molecule has 1 aliphatic heterocycles. The van der Waals surface area contributed by atoms with E-state index >= 15 is 0 Å². The lowest BCUT2D eigenvalue weighted by Gasteiger charge is -2.33. The molecule has 6 heteroatoms. The third kappa shape index (κ3) is 1.82. The van der Waals surface area contributed by atoms with Crippen LogP contribution in [0.1, 0.15) is 26.2 Å². The van der Waals surface area contributed by atoms with Crippen LogP contribution in [0.2, 0.25) is 0 Å². The molecule has 1 fully saturated rings. The lowest BCUT2D eigenvalue weighted by molar-refractivity contribution is -0.576. The van der Waals surface area contributed by atoms with E-state index in [9.17, 15) is 5.21 Å². The Morgan fingerprint density at radius 3 is 2.88 bits per heavy atom. The van der Waals surface area contributed by atoms with Crippen molar-refractivity contribution in [3.63, 3.8) is 0 Å². The Morgan fingerprint density at radius 2 is 2.25 bits per heavy atom. The summed E-state index contributed by atoms with van der Waals surface area (Å²) < 4.78 is 0.443. The standard InChI is InChI=1S/C10H17N5O/c1-7-4-2-3-5-14(7)9-6-8(11)15(16)10(12)13-9/h6-7H,2-5,11H2,1H3,(H2,12,13). The Hall–Kier alpha value is -1.72. The van der Waals surface area contributed by atoms with Crippen molar-refractivity contribution in [1.82, 2.24) is 4.98 Å². The zero-order chi connectivity index (χ0) is 11.7. The van der Waals surface area contributed by atoms with Crippen molar-refractivity contribution in [3.8, 4) is 0 Å². The zero-order valence-electron chi connectivity index (χ0n) is 9.39. The summed E-state index contributed by atoms with van der Waals surface area (Å²) in [5.74, 6) is 0.711. The number of piperidine rings is 1. The van der Waals surface area contributed by atoms with E-state index in [1.165, 1.54) is 6.42 Å². The highest BCUT2D eigenvalue weighted by Gasteiger charge is 2.22. The van der Waals surface area contributed by atoms with Gasteiger partial charge in [-0.05, 0) is 26.2 Å². The molecule has 0 aromatic carbocycles. The number of aromatic nitrogens is 2. The Labute approximate surface area is 94.5 Å². The molecular weight excluding hydrogens is 206 g/mol. The van der Waals surface area contributed by atoms with Gasteiger partial charge in [0.05, 0.1) is 6.07 Å². The van der Waals surface area contributed by atoms with Crippen molar-refractivity contribution in [2.24, 2.45) is 0 Å². The number of rotatable bonds is 1. The summed E-state index contributed by atoms with van der Waals surface area (Å²) in [5.41, 5.74) is 11.1. The fourth-order valence-electron chi connectivity index (χ4n) is 2.10. The Morgan fingerprint density at radius 1 is 1.50 bits per heavy atom. The zero-order valence-corrected chi connectivity index (χ0v) is 9.39. The summed E-state index contributed by atoms with van der Waals surface area (Å²) in [6.07, 6.45) is 3.50. The van der Waals surface area contributed by atoms with Crippen molar-refractivity contribution in [3.05, 3.63) is 11.3 Å². The van der Waals surface area contributed by atoms with Gasteiger partial charge >= 0.3 is 5.95 Å². The Balaban J connectivity index is 2.32. The monoisotopic (exact) mass is 223 g/mol. The van der Waals surface area contributed by atoms with Crippen molar-refractivity contribution in [1.29, 1.82) is 0 Å². The van der Waals surface area contributed by atoms with Gasteiger partial charge in [-0.3, -0.25) is 0 Å². The van der Waals surface area contributed by atoms with Crippen molar-refractivity contribution in [2.75, 3.05) is 22.9 Å². The number of anilines is 3. The minimum absolute atomic E-state index is 0.0900. The quantitative estimate of drug-likeness (QED) is 0.526. The molecule has 1 atom stereocenters. The second kappa shape index (κ2) is 4.03. The third-order valence-corrected chi connectivity index (χ3v) is 3.05. The molecule has 0 bridgehead atoms. The number of nitrogens with two attached hydrogens (primary N) is 2. The number of hydrogen-bond donors (Lipinski definition) is 2. The topological polar surface area (TPSA) is 95.1 Å². The van der Waals surface area contributed by atoms with E-state index in [1.807, 2.05) is 0 Å². The Kier molecular flexibility index (Phi) is 2.72. The molecule has 0 radical (unpaired) electrons. The van der Waals surface area contributed by atoms with E-state index in [2.05, 4.69) is 16.8 Å². The van der Waals surface area contributed by atoms with E-state index in [-0.39, 0.29) is 11.8 Å². The van der Waals surface area contributed by atoms with Gasteiger partial charge in [0.1, 0.15) is 0 Å². The lowest BCUT2D eigenvalue weighted by Crippen LogP contribution is -2.41. The van der Waals surface area contributed by atoms with Crippen molar-refractivity contribution >= 4 is 17.6 Å². The molecular formula is C10H17N5O. The number of hydrogen-bond acceptors (Lipinski definition) is 5. The van der Waals surface area contributed by atoms with Gasteiger partial charge < -0.3 is 21.6 Å².